The Labute approximate surface area is 144 Å². The van der Waals surface area contributed by atoms with Crippen molar-refractivity contribution in [1.29, 1.82) is 0 Å². The second-order valence-corrected chi connectivity index (χ2v) is 6.11. The van der Waals surface area contributed by atoms with Gasteiger partial charge in [0, 0.05) is 4.47 Å². The minimum absolute atomic E-state index is 0.184. The number of rotatable bonds is 5. The third-order valence-corrected chi connectivity index (χ3v) is 4.09. The third kappa shape index (κ3) is 4.93. The highest BCUT2D eigenvalue weighted by atomic mass is 79.9. The van der Waals surface area contributed by atoms with Gasteiger partial charge in [-0.25, -0.2) is 4.79 Å². The lowest BCUT2D eigenvalue weighted by Crippen LogP contribution is -2.31. The van der Waals surface area contributed by atoms with Crippen LogP contribution < -0.4 is 5.32 Å². The van der Waals surface area contributed by atoms with E-state index >= 15 is 0 Å². The number of halogens is 1. The minimum Gasteiger partial charge on any atom is -0.452 e. The van der Waals surface area contributed by atoms with E-state index < -0.39 is 5.97 Å². The molecule has 2 aromatic rings. The van der Waals surface area contributed by atoms with E-state index in [0.29, 0.717) is 5.56 Å². The number of ether oxygens (including phenoxy) is 1. The van der Waals surface area contributed by atoms with Crippen LogP contribution >= 0.6 is 15.9 Å². The second kappa shape index (κ2) is 7.92. The average molecular weight is 376 g/mol. The number of aryl methyl sites for hydroxylation is 1. The van der Waals surface area contributed by atoms with Gasteiger partial charge in [-0.15, -0.1) is 0 Å². The molecule has 4 nitrogen and oxygen atoms in total. The monoisotopic (exact) mass is 375 g/mol. The van der Waals surface area contributed by atoms with Crippen LogP contribution in [0.5, 0.6) is 0 Å². The molecule has 0 unspecified atom stereocenters. The summed E-state index contributed by atoms with van der Waals surface area (Å²) in [6.07, 6.45) is 0. The smallest absolute Gasteiger partial charge is 0.338 e. The van der Waals surface area contributed by atoms with Crippen LogP contribution in [0, 0.1) is 6.92 Å². The van der Waals surface area contributed by atoms with Crippen molar-refractivity contribution in [2.75, 3.05) is 6.61 Å². The van der Waals surface area contributed by atoms with Gasteiger partial charge in [-0.3, -0.25) is 4.79 Å². The van der Waals surface area contributed by atoms with Crippen LogP contribution in [0.25, 0.3) is 0 Å². The van der Waals surface area contributed by atoms with Crippen LogP contribution in [0.4, 0.5) is 0 Å². The summed E-state index contributed by atoms with van der Waals surface area (Å²) >= 11 is 3.45. The van der Waals surface area contributed by atoms with Gasteiger partial charge in [0.05, 0.1) is 11.6 Å². The van der Waals surface area contributed by atoms with E-state index in [4.69, 9.17) is 4.74 Å². The normalized spacial score (nSPS) is 11.6. The molecule has 5 heteroatoms. The van der Waals surface area contributed by atoms with Crippen molar-refractivity contribution in [2.45, 2.75) is 19.9 Å². The Hall–Kier alpha value is -2.14. The van der Waals surface area contributed by atoms with Gasteiger partial charge in [0.15, 0.2) is 6.61 Å². The third-order valence-electron chi connectivity index (χ3n) is 3.37. The number of carbonyl (C=O) groups is 2. The summed E-state index contributed by atoms with van der Waals surface area (Å²) in [5.74, 6) is -0.845. The van der Waals surface area contributed by atoms with Crippen LogP contribution in [0.15, 0.2) is 53.0 Å². The molecule has 0 heterocycles. The summed E-state index contributed by atoms with van der Waals surface area (Å²) < 4.78 is 5.95. The summed E-state index contributed by atoms with van der Waals surface area (Å²) in [6, 6.07) is 14.5. The zero-order chi connectivity index (χ0) is 16.8. The molecule has 0 bridgehead atoms. The molecule has 23 heavy (non-hydrogen) atoms. The molecule has 0 aliphatic carbocycles. The number of hydrogen-bond donors (Lipinski definition) is 1. The van der Waals surface area contributed by atoms with Crippen molar-refractivity contribution < 1.29 is 14.3 Å². The SMILES string of the molecule is Cc1ccc(C(=O)OCC(=O)N[C@@H](C)c2ccccc2Br)cc1. The van der Waals surface area contributed by atoms with Gasteiger partial charge in [0.1, 0.15) is 0 Å². The Morgan fingerprint density at radius 1 is 1.13 bits per heavy atom. The minimum atomic E-state index is -0.506. The number of esters is 1. The van der Waals surface area contributed by atoms with Crippen molar-refractivity contribution in [3.05, 3.63) is 69.7 Å². The van der Waals surface area contributed by atoms with Crippen LogP contribution in [0.1, 0.15) is 34.5 Å². The summed E-state index contributed by atoms with van der Waals surface area (Å²) in [7, 11) is 0. The standard InChI is InChI=1S/C18H18BrNO3/c1-12-7-9-14(10-8-12)18(22)23-11-17(21)20-13(2)15-5-3-4-6-16(15)19/h3-10,13H,11H2,1-2H3,(H,20,21)/t13-/m0/s1. The molecule has 0 aliphatic rings. The first-order valence-electron chi connectivity index (χ1n) is 7.25. The number of carbonyl (C=O) groups excluding carboxylic acids is 2. The first-order valence-corrected chi connectivity index (χ1v) is 8.04. The topological polar surface area (TPSA) is 55.4 Å². The number of hydrogen-bond acceptors (Lipinski definition) is 3. The van der Waals surface area contributed by atoms with Gasteiger partial charge >= 0.3 is 5.97 Å². The van der Waals surface area contributed by atoms with E-state index in [-0.39, 0.29) is 18.6 Å². The number of nitrogens with one attached hydrogen (secondary N) is 1. The van der Waals surface area contributed by atoms with Gasteiger partial charge in [0.25, 0.3) is 5.91 Å². The Morgan fingerprint density at radius 3 is 2.43 bits per heavy atom. The zero-order valence-corrected chi connectivity index (χ0v) is 14.6. The van der Waals surface area contributed by atoms with Gasteiger partial charge in [-0.2, -0.15) is 0 Å². The molecule has 0 aliphatic heterocycles. The quantitative estimate of drug-likeness (QED) is 0.808. The maximum absolute atomic E-state index is 11.9. The van der Waals surface area contributed by atoms with Crippen LogP contribution in [0.2, 0.25) is 0 Å². The van der Waals surface area contributed by atoms with Gasteiger partial charge in [-0.05, 0) is 37.6 Å². The average Bonchev–Trinajstić information content (AvgIpc) is 2.53. The Bertz CT molecular complexity index is 698. The van der Waals surface area contributed by atoms with Crippen LogP contribution in [0.3, 0.4) is 0 Å². The van der Waals surface area contributed by atoms with Crippen molar-refractivity contribution in [1.82, 2.24) is 5.32 Å². The Morgan fingerprint density at radius 2 is 1.78 bits per heavy atom. The lowest BCUT2D eigenvalue weighted by Gasteiger charge is -2.15. The molecule has 2 aromatic carbocycles. The zero-order valence-electron chi connectivity index (χ0n) is 13.0. The molecule has 1 atom stereocenters. The van der Waals surface area contributed by atoms with Gasteiger partial charge in [0.2, 0.25) is 0 Å². The fourth-order valence-corrected chi connectivity index (χ4v) is 2.72. The molecule has 1 amide bonds. The van der Waals surface area contributed by atoms with E-state index in [1.54, 1.807) is 12.1 Å². The Balaban J connectivity index is 1.86. The summed E-state index contributed by atoms with van der Waals surface area (Å²) in [5, 5.41) is 2.81. The highest BCUT2D eigenvalue weighted by Crippen LogP contribution is 2.22. The van der Waals surface area contributed by atoms with Crippen LogP contribution in [-0.4, -0.2) is 18.5 Å². The maximum atomic E-state index is 11.9. The molecule has 0 radical (unpaired) electrons. The molecule has 1 N–H and O–H groups in total. The highest BCUT2D eigenvalue weighted by molar-refractivity contribution is 9.10. The summed E-state index contributed by atoms with van der Waals surface area (Å²) in [4.78, 5) is 23.8. The molecule has 120 valence electrons. The van der Waals surface area contributed by atoms with E-state index in [2.05, 4.69) is 21.2 Å². The van der Waals surface area contributed by atoms with Crippen molar-refractivity contribution in [3.63, 3.8) is 0 Å². The fourth-order valence-electron chi connectivity index (χ4n) is 2.09. The molecular weight excluding hydrogens is 358 g/mol. The first-order chi connectivity index (χ1) is 11.0. The van der Waals surface area contributed by atoms with Crippen LogP contribution in [-0.2, 0) is 9.53 Å². The van der Waals surface area contributed by atoms with Crippen molar-refractivity contribution >= 4 is 27.8 Å². The number of amides is 1. The maximum Gasteiger partial charge on any atom is 0.338 e. The van der Waals surface area contributed by atoms with Gasteiger partial charge in [-0.1, -0.05) is 51.8 Å². The lowest BCUT2D eigenvalue weighted by molar-refractivity contribution is -0.124. The highest BCUT2D eigenvalue weighted by Gasteiger charge is 2.14. The second-order valence-electron chi connectivity index (χ2n) is 5.25. The van der Waals surface area contributed by atoms with Gasteiger partial charge < -0.3 is 10.1 Å². The van der Waals surface area contributed by atoms with Crippen molar-refractivity contribution in [3.8, 4) is 0 Å². The van der Waals surface area contributed by atoms with E-state index in [1.807, 2.05) is 50.2 Å². The first kappa shape index (κ1) is 17.2. The molecular formula is C18H18BrNO3. The molecule has 0 aromatic heterocycles. The lowest BCUT2D eigenvalue weighted by atomic mass is 10.1. The largest absolute Gasteiger partial charge is 0.452 e. The van der Waals surface area contributed by atoms with E-state index in [9.17, 15) is 9.59 Å². The summed E-state index contributed by atoms with van der Waals surface area (Å²) in [5.41, 5.74) is 2.45. The molecule has 0 saturated carbocycles. The molecule has 0 spiro atoms. The molecule has 0 saturated heterocycles. The fraction of sp³-hybridized carbons (Fsp3) is 0.222. The summed E-state index contributed by atoms with van der Waals surface area (Å²) in [6.45, 7) is 3.51. The molecule has 0 fully saturated rings. The molecule has 2 rings (SSSR count). The Kier molecular flexibility index (Phi) is 5.93. The number of benzene rings is 2. The van der Waals surface area contributed by atoms with Crippen molar-refractivity contribution in [2.24, 2.45) is 0 Å². The van der Waals surface area contributed by atoms with E-state index in [1.165, 1.54) is 0 Å². The predicted molar refractivity (Wildman–Crippen MR) is 92.2 cm³/mol. The van der Waals surface area contributed by atoms with E-state index in [0.717, 1.165) is 15.6 Å². The predicted octanol–water partition coefficient (Wildman–Crippen LogP) is 3.79.